The van der Waals surface area contributed by atoms with Crippen molar-refractivity contribution in [3.05, 3.63) is 77.4 Å². The van der Waals surface area contributed by atoms with Crippen molar-refractivity contribution in [3.8, 4) is 28.9 Å². The van der Waals surface area contributed by atoms with Gasteiger partial charge in [0.05, 0.1) is 25.5 Å². The fraction of sp³-hybridized carbons (Fsp3) is 0.200. The van der Waals surface area contributed by atoms with Gasteiger partial charge in [0.15, 0.2) is 17.3 Å². The van der Waals surface area contributed by atoms with E-state index in [1.807, 2.05) is 19.9 Å². The molecule has 0 aliphatic heterocycles. The number of nitrogens with one attached hydrogen (secondary N) is 1. The Kier molecular flexibility index (Phi) is 6.44. The summed E-state index contributed by atoms with van der Waals surface area (Å²) in [6.45, 7) is 5.69. The Morgan fingerprint density at radius 1 is 0.941 bits per heavy atom. The molecular formula is C25H25N5O4. The SMILES string of the molecule is COc1cccc(C(=O)Nc2ccc(Oc3cc(-n4nc(C)cc4C)nc(C)n3)cc2)c1OC. The van der Waals surface area contributed by atoms with Crippen LogP contribution in [0.4, 0.5) is 5.69 Å². The van der Waals surface area contributed by atoms with Crippen LogP contribution >= 0.6 is 0 Å². The molecule has 4 rings (SSSR count). The molecule has 1 amide bonds. The van der Waals surface area contributed by atoms with Gasteiger partial charge in [-0.1, -0.05) is 6.07 Å². The monoisotopic (exact) mass is 459 g/mol. The summed E-state index contributed by atoms with van der Waals surface area (Å²) in [5.74, 6) is 2.70. The maximum Gasteiger partial charge on any atom is 0.259 e. The van der Waals surface area contributed by atoms with Crippen molar-refractivity contribution in [3.63, 3.8) is 0 Å². The Morgan fingerprint density at radius 2 is 1.71 bits per heavy atom. The van der Waals surface area contributed by atoms with E-state index in [1.165, 1.54) is 14.2 Å². The molecule has 0 radical (unpaired) electrons. The lowest BCUT2D eigenvalue weighted by Crippen LogP contribution is -2.13. The molecule has 1 N–H and O–H groups in total. The molecule has 174 valence electrons. The second-order valence-electron chi connectivity index (χ2n) is 7.57. The Morgan fingerprint density at radius 3 is 2.35 bits per heavy atom. The van der Waals surface area contributed by atoms with E-state index in [0.717, 1.165) is 11.4 Å². The number of hydrogen-bond acceptors (Lipinski definition) is 7. The molecule has 9 nitrogen and oxygen atoms in total. The van der Waals surface area contributed by atoms with Gasteiger partial charge in [-0.15, -0.1) is 0 Å². The summed E-state index contributed by atoms with van der Waals surface area (Å²) in [7, 11) is 3.02. The third kappa shape index (κ3) is 4.83. The molecule has 2 aromatic heterocycles. The summed E-state index contributed by atoms with van der Waals surface area (Å²) in [5.41, 5.74) is 2.84. The maximum absolute atomic E-state index is 12.8. The first kappa shape index (κ1) is 22.8. The summed E-state index contributed by atoms with van der Waals surface area (Å²) in [5, 5.41) is 7.33. The van der Waals surface area contributed by atoms with E-state index in [2.05, 4.69) is 20.4 Å². The molecule has 0 saturated heterocycles. The zero-order valence-corrected chi connectivity index (χ0v) is 19.6. The number of nitrogens with zero attached hydrogens (tertiary/aromatic N) is 4. The fourth-order valence-electron chi connectivity index (χ4n) is 3.54. The molecule has 0 aliphatic rings. The van der Waals surface area contributed by atoms with Crippen LogP contribution in [0.25, 0.3) is 5.82 Å². The second kappa shape index (κ2) is 9.62. The molecule has 0 spiro atoms. The number of para-hydroxylation sites is 1. The van der Waals surface area contributed by atoms with Crippen LogP contribution < -0.4 is 19.5 Å². The van der Waals surface area contributed by atoms with E-state index in [-0.39, 0.29) is 5.91 Å². The molecule has 2 heterocycles. The Hall–Kier alpha value is -4.40. The molecule has 0 bridgehead atoms. The van der Waals surface area contributed by atoms with E-state index in [4.69, 9.17) is 14.2 Å². The van der Waals surface area contributed by atoms with Crippen LogP contribution in [0.15, 0.2) is 54.6 Å². The van der Waals surface area contributed by atoms with Gasteiger partial charge < -0.3 is 19.5 Å². The van der Waals surface area contributed by atoms with Crippen molar-refractivity contribution in [1.29, 1.82) is 0 Å². The summed E-state index contributed by atoms with van der Waals surface area (Å²) in [6, 6.07) is 15.8. The molecule has 2 aromatic carbocycles. The maximum atomic E-state index is 12.8. The summed E-state index contributed by atoms with van der Waals surface area (Å²) in [6.07, 6.45) is 0. The van der Waals surface area contributed by atoms with Crippen molar-refractivity contribution in [2.24, 2.45) is 0 Å². The van der Waals surface area contributed by atoms with Crippen LogP contribution in [-0.2, 0) is 0 Å². The van der Waals surface area contributed by atoms with Crippen LogP contribution in [0.2, 0.25) is 0 Å². The molecule has 9 heteroatoms. The molecular weight excluding hydrogens is 434 g/mol. The fourth-order valence-corrected chi connectivity index (χ4v) is 3.54. The van der Waals surface area contributed by atoms with Gasteiger partial charge in [-0.25, -0.2) is 9.67 Å². The van der Waals surface area contributed by atoms with Crippen molar-refractivity contribution < 1.29 is 19.0 Å². The number of carbonyl (C=O) groups is 1. The summed E-state index contributed by atoms with van der Waals surface area (Å²) < 4.78 is 18.3. The van der Waals surface area contributed by atoms with E-state index >= 15 is 0 Å². The van der Waals surface area contributed by atoms with E-state index in [1.54, 1.807) is 60.1 Å². The number of methoxy groups -OCH3 is 2. The van der Waals surface area contributed by atoms with Crippen LogP contribution in [0, 0.1) is 20.8 Å². The minimum atomic E-state index is -0.314. The van der Waals surface area contributed by atoms with Gasteiger partial charge in [0, 0.05) is 17.4 Å². The number of rotatable bonds is 7. The smallest absolute Gasteiger partial charge is 0.259 e. The van der Waals surface area contributed by atoms with Gasteiger partial charge in [0.2, 0.25) is 5.88 Å². The number of carbonyl (C=O) groups excluding carboxylic acids is 1. The van der Waals surface area contributed by atoms with Gasteiger partial charge in [-0.2, -0.15) is 10.1 Å². The molecule has 0 saturated carbocycles. The predicted molar refractivity (Wildman–Crippen MR) is 127 cm³/mol. The van der Waals surface area contributed by atoms with Crippen LogP contribution in [0.3, 0.4) is 0 Å². The van der Waals surface area contributed by atoms with Crippen molar-refractivity contribution in [2.45, 2.75) is 20.8 Å². The average molecular weight is 460 g/mol. The average Bonchev–Trinajstić information content (AvgIpc) is 3.17. The molecule has 0 aliphatic carbocycles. The second-order valence-corrected chi connectivity index (χ2v) is 7.57. The number of aryl methyl sites for hydroxylation is 3. The zero-order chi connectivity index (χ0) is 24.2. The number of aromatic nitrogens is 4. The Balaban J connectivity index is 1.50. The predicted octanol–water partition coefficient (Wildman–Crippen LogP) is 4.65. The van der Waals surface area contributed by atoms with Crippen molar-refractivity contribution in [1.82, 2.24) is 19.7 Å². The highest BCUT2D eigenvalue weighted by molar-refractivity contribution is 6.06. The lowest BCUT2D eigenvalue weighted by molar-refractivity contribution is 0.102. The van der Waals surface area contributed by atoms with Crippen LogP contribution in [0.5, 0.6) is 23.1 Å². The van der Waals surface area contributed by atoms with Crippen molar-refractivity contribution in [2.75, 3.05) is 19.5 Å². The van der Waals surface area contributed by atoms with Crippen LogP contribution in [0.1, 0.15) is 27.6 Å². The lowest BCUT2D eigenvalue weighted by atomic mass is 10.1. The number of hydrogen-bond donors (Lipinski definition) is 1. The minimum Gasteiger partial charge on any atom is -0.493 e. The molecule has 0 unspecified atom stereocenters. The third-order valence-electron chi connectivity index (χ3n) is 5.01. The van der Waals surface area contributed by atoms with Gasteiger partial charge in [0.25, 0.3) is 5.91 Å². The first-order valence-corrected chi connectivity index (χ1v) is 10.6. The standard InChI is InChI=1S/C25H25N5O4/c1-15-13-16(2)30(29-15)22-14-23(27-17(3)26-22)34-19-11-9-18(10-12-19)28-25(31)20-7-6-8-21(32-4)24(20)33-5/h6-14H,1-5H3,(H,28,31). The highest BCUT2D eigenvalue weighted by Crippen LogP contribution is 2.31. The van der Waals surface area contributed by atoms with Gasteiger partial charge in [-0.3, -0.25) is 4.79 Å². The summed E-state index contributed by atoms with van der Waals surface area (Å²) >= 11 is 0. The van der Waals surface area contributed by atoms with E-state index in [9.17, 15) is 4.79 Å². The zero-order valence-electron chi connectivity index (χ0n) is 19.6. The quantitative estimate of drug-likeness (QED) is 0.429. The topological polar surface area (TPSA) is 100 Å². The van der Waals surface area contributed by atoms with E-state index in [0.29, 0.717) is 46.0 Å². The first-order valence-electron chi connectivity index (χ1n) is 10.6. The van der Waals surface area contributed by atoms with Gasteiger partial charge in [-0.05, 0) is 63.2 Å². The number of anilines is 1. The number of amides is 1. The molecule has 34 heavy (non-hydrogen) atoms. The van der Waals surface area contributed by atoms with Gasteiger partial charge in [0.1, 0.15) is 11.6 Å². The number of benzene rings is 2. The minimum absolute atomic E-state index is 0.314. The van der Waals surface area contributed by atoms with Crippen LogP contribution in [-0.4, -0.2) is 39.9 Å². The Bertz CT molecular complexity index is 1330. The first-order chi connectivity index (χ1) is 16.4. The van der Waals surface area contributed by atoms with Gasteiger partial charge >= 0.3 is 0 Å². The molecule has 4 aromatic rings. The largest absolute Gasteiger partial charge is 0.493 e. The lowest BCUT2D eigenvalue weighted by Gasteiger charge is -2.13. The third-order valence-corrected chi connectivity index (χ3v) is 5.01. The van der Waals surface area contributed by atoms with Crippen molar-refractivity contribution >= 4 is 11.6 Å². The summed E-state index contributed by atoms with van der Waals surface area (Å²) in [4.78, 5) is 21.6. The molecule has 0 atom stereocenters. The normalized spacial score (nSPS) is 10.6. The highest BCUT2D eigenvalue weighted by Gasteiger charge is 2.16. The Labute approximate surface area is 197 Å². The highest BCUT2D eigenvalue weighted by atomic mass is 16.5. The van der Waals surface area contributed by atoms with E-state index < -0.39 is 0 Å². The molecule has 0 fully saturated rings. The number of ether oxygens (including phenoxy) is 3.